The molecule has 1 N–H and O–H groups in total. The molecule has 1 atom stereocenters. The Morgan fingerprint density at radius 1 is 1.26 bits per heavy atom. The molecule has 1 spiro atoms. The second-order valence-corrected chi connectivity index (χ2v) is 5.88. The maximum atomic E-state index is 10.4. The van der Waals surface area contributed by atoms with Gasteiger partial charge in [-0.3, -0.25) is 0 Å². The van der Waals surface area contributed by atoms with Crippen LogP contribution in [0.4, 0.5) is 0 Å². The smallest absolute Gasteiger partial charge is 0.132 e. The first-order valence-corrected chi connectivity index (χ1v) is 7.20. The van der Waals surface area contributed by atoms with Crippen molar-refractivity contribution >= 4 is 0 Å². The lowest BCUT2D eigenvalue weighted by Crippen LogP contribution is -2.43. The van der Waals surface area contributed by atoms with Gasteiger partial charge < -0.3 is 14.6 Å². The third kappa shape index (κ3) is 2.10. The molecule has 2 aliphatic rings. The first-order chi connectivity index (χ1) is 9.15. The summed E-state index contributed by atoms with van der Waals surface area (Å²) in [5.41, 5.74) is 1.76. The Labute approximate surface area is 114 Å². The van der Waals surface area contributed by atoms with Crippen molar-refractivity contribution in [1.29, 1.82) is 0 Å². The van der Waals surface area contributed by atoms with Crippen LogP contribution < -0.4 is 9.47 Å². The Balaban J connectivity index is 2.01. The number of benzene rings is 1. The topological polar surface area (TPSA) is 38.7 Å². The van der Waals surface area contributed by atoms with E-state index in [1.807, 2.05) is 19.1 Å². The van der Waals surface area contributed by atoms with E-state index in [4.69, 9.17) is 9.47 Å². The fourth-order valence-electron chi connectivity index (χ4n) is 3.54. The molecule has 1 aromatic rings. The second-order valence-electron chi connectivity index (χ2n) is 5.88. The molecule has 0 bridgehead atoms. The average molecular weight is 262 g/mol. The van der Waals surface area contributed by atoms with Crippen LogP contribution in [0.3, 0.4) is 0 Å². The third-order valence-electron chi connectivity index (χ3n) is 4.61. The number of methoxy groups -OCH3 is 1. The zero-order valence-corrected chi connectivity index (χ0v) is 11.7. The SMILES string of the molecule is COc1ccc2c(c1C)OC1(CCCCC1)CC2O. The standard InChI is InChI=1S/C16H22O3/c1-11-14(18-2)7-6-12-13(17)10-16(19-15(11)12)8-4-3-5-9-16/h6-7,13,17H,3-5,8-10H2,1-2H3. The van der Waals surface area contributed by atoms with E-state index in [9.17, 15) is 5.11 Å². The van der Waals surface area contributed by atoms with Crippen molar-refractivity contribution in [2.75, 3.05) is 7.11 Å². The lowest BCUT2D eigenvalue weighted by atomic mass is 9.77. The molecule has 0 amide bonds. The van der Waals surface area contributed by atoms with Gasteiger partial charge in [-0.05, 0) is 44.7 Å². The van der Waals surface area contributed by atoms with Crippen molar-refractivity contribution in [2.24, 2.45) is 0 Å². The summed E-state index contributed by atoms with van der Waals surface area (Å²) >= 11 is 0. The first-order valence-electron chi connectivity index (χ1n) is 7.20. The van der Waals surface area contributed by atoms with Crippen molar-refractivity contribution in [1.82, 2.24) is 0 Å². The minimum absolute atomic E-state index is 0.151. The van der Waals surface area contributed by atoms with E-state index in [-0.39, 0.29) is 5.60 Å². The van der Waals surface area contributed by atoms with Gasteiger partial charge in [0.15, 0.2) is 0 Å². The van der Waals surface area contributed by atoms with Gasteiger partial charge in [-0.25, -0.2) is 0 Å². The van der Waals surface area contributed by atoms with Crippen LogP contribution in [0.1, 0.15) is 55.8 Å². The highest BCUT2D eigenvalue weighted by Crippen LogP contribution is 2.48. The number of rotatable bonds is 1. The molecule has 3 rings (SSSR count). The maximum absolute atomic E-state index is 10.4. The van der Waals surface area contributed by atoms with Crippen LogP contribution in [0.2, 0.25) is 0 Å². The van der Waals surface area contributed by atoms with Crippen LogP contribution >= 0.6 is 0 Å². The fraction of sp³-hybridized carbons (Fsp3) is 0.625. The van der Waals surface area contributed by atoms with Gasteiger partial charge in [0, 0.05) is 17.5 Å². The van der Waals surface area contributed by atoms with E-state index in [0.717, 1.165) is 41.9 Å². The summed E-state index contributed by atoms with van der Waals surface area (Å²) in [5.74, 6) is 1.68. The Morgan fingerprint density at radius 3 is 2.68 bits per heavy atom. The minimum atomic E-state index is -0.411. The fourth-order valence-corrected chi connectivity index (χ4v) is 3.54. The molecule has 0 radical (unpaired) electrons. The van der Waals surface area contributed by atoms with Crippen LogP contribution in [0.5, 0.6) is 11.5 Å². The molecule has 1 unspecified atom stereocenters. The van der Waals surface area contributed by atoms with Gasteiger partial charge in [0.05, 0.1) is 13.2 Å². The van der Waals surface area contributed by atoms with Crippen molar-refractivity contribution < 1.29 is 14.6 Å². The predicted octanol–water partition coefficient (Wildman–Crippen LogP) is 3.52. The summed E-state index contributed by atoms with van der Waals surface area (Å²) in [5, 5.41) is 10.4. The van der Waals surface area contributed by atoms with E-state index in [1.165, 1.54) is 19.3 Å². The van der Waals surface area contributed by atoms with E-state index < -0.39 is 6.10 Å². The predicted molar refractivity (Wildman–Crippen MR) is 73.8 cm³/mol. The monoisotopic (exact) mass is 262 g/mol. The summed E-state index contributed by atoms with van der Waals surface area (Å²) in [7, 11) is 1.67. The van der Waals surface area contributed by atoms with Gasteiger partial charge in [0.1, 0.15) is 17.1 Å². The summed E-state index contributed by atoms with van der Waals surface area (Å²) in [6.07, 6.45) is 6.11. The molecule has 3 nitrogen and oxygen atoms in total. The number of hydrogen-bond donors (Lipinski definition) is 1. The lowest BCUT2D eigenvalue weighted by Gasteiger charge is -2.43. The zero-order valence-electron chi connectivity index (χ0n) is 11.7. The van der Waals surface area contributed by atoms with Gasteiger partial charge >= 0.3 is 0 Å². The molecular weight excluding hydrogens is 240 g/mol. The number of hydrogen-bond acceptors (Lipinski definition) is 3. The van der Waals surface area contributed by atoms with Crippen LogP contribution in [0.15, 0.2) is 12.1 Å². The summed E-state index contributed by atoms with van der Waals surface area (Å²) in [4.78, 5) is 0. The highest BCUT2D eigenvalue weighted by Gasteiger charge is 2.42. The Kier molecular flexibility index (Phi) is 3.17. The third-order valence-corrected chi connectivity index (χ3v) is 4.61. The second kappa shape index (κ2) is 4.71. The number of aliphatic hydroxyl groups excluding tert-OH is 1. The van der Waals surface area contributed by atoms with Crippen LogP contribution in [-0.4, -0.2) is 17.8 Å². The highest BCUT2D eigenvalue weighted by molar-refractivity contribution is 5.51. The molecule has 104 valence electrons. The van der Waals surface area contributed by atoms with Crippen LogP contribution in [0, 0.1) is 6.92 Å². The zero-order chi connectivity index (χ0) is 13.5. The molecule has 1 aliphatic heterocycles. The number of aliphatic hydroxyl groups is 1. The Hall–Kier alpha value is -1.22. The number of ether oxygens (including phenoxy) is 2. The van der Waals surface area contributed by atoms with Crippen molar-refractivity contribution in [2.45, 2.75) is 57.2 Å². The van der Waals surface area contributed by atoms with E-state index in [0.29, 0.717) is 0 Å². The molecule has 0 saturated heterocycles. The quantitative estimate of drug-likeness (QED) is 0.841. The van der Waals surface area contributed by atoms with Gasteiger partial charge in [-0.1, -0.05) is 6.42 Å². The van der Waals surface area contributed by atoms with Crippen molar-refractivity contribution in [3.8, 4) is 11.5 Å². The van der Waals surface area contributed by atoms with Crippen LogP contribution in [0.25, 0.3) is 0 Å². The summed E-state index contributed by atoms with van der Waals surface area (Å²) in [6.45, 7) is 2.01. The molecule has 1 heterocycles. The molecule has 1 aromatic carbocycles. The molecule has 1 fully saturated rings. The van der Waals surface area contributed by atoms with Gasteiger partial charge in [0.2, 0.25) is 0 Å². The molecule has 19 heavy (non-hydrogen) atoms. The van der Waals surface area contributed by atoms with E-state index in [2.05, 4.69) is 0 Å². The highest BCUT2D eigenvalue weighted by atomic mass is 16.5. The van der Waals surface area contributed by atoms with Gasteiger partial charge in [-0.15, -0.1) is 0 Å². The van der Waals surface area contributed by atoms with E-state index in [1.54, 1.807) is 7.11 Å². The maximum Gasteiger partial charge on any atom is 0.132 e. The van der Waals surface area contributed by atoms with Gasteiger partial charge in [0.25, 0.3) is 0 Å². The first kappa shape index (κ1) is 12.8. The Bertz CT molecular complexity index is 475. The molecule has 0 aromatic heterocycles. The summed E-state index contributed by atoms with van der Waals surface area (Å²) < 4.78 is 11.7. The summed E-state index contributed by atoms with van der Waals surface area (Å²) in [6, 6.07) is 3.85. The minimum Gasteiger partial charge on any atom is -0.496 e. The Morgan fingerprint density at radius 2 is 2.00 bits per heavy atom. The van der Waals surface area contributed by atoms with E-state index >= 15 is 0 Å². The lowest BCUT2D eigenvalue weighted by molar-refractivity contribution is -0.0388. The molecule has 3 heteroatoms. The molecule has 1 aliphatic carbocycles. The largest absolute Gasteiger partial charge is 0.496 e. The normalized spacial score (nSPS) is 24.7. The van der Waals surface area contributed by atoms with Crippen LogP contribution in [-0.2, 0) is 0 Å². The number of fused-ring (bicyclic) bond motifs is 1. The molecular formula is C16H22O3. The van der Waals surface area contributed by atoms with Crippen molar-refractivity contribution in [3.63, 3.8) is 0 Å². The van der Waals surface area contributed by atoms with Gasteiger partial charge in [-0.2, -0.15) is 0 Å². The molecule has 1 saturated carbocycles. The van der Waals surface area contributed by atoms with Crippen molar-refractivity contribution in [3.05, 3.63) is 23.3 Å². The average Bonchev–Trinajstić information content (AvgIpc) is 2.41.